The van der Waals surface area contributed by atoms with Crippen molar-refractivity contribution in [2.24, 2.45) is 5.10 Å². The first kappa shape index (κ1) is 16.0. The van der Waals surface area contributed by atoms with E-state index in [1.165, 1.54) is 18.2 Å². The second-order valence-corrected chi connectivity index (χ2v) is 4.89. The third-order valence-corrected chi connectivity index (χ3v) is 3.16. The van der Waals surface area contributed by atoms with Crippen LogP contribution in [0, 0.1) is 12.7 Å². The number of carbonyl (C=O) groups excluding carboxylic acids is 1. The lowest BCUT2D eigenvalue weighted by Crippen LogP contribution is -2.24. The molecular weight excluding hydrogens is 307 g/mol. The number of hydrazone groups is 1. The van der Waals surface area contributed by atoms with Crippen LogP contribution in [0.1, 0.15) is 11.1 Å². The van der Waals surface area contributed by atoms with Gasteiger partial charge in [-0.3, -0.25) is 4.79 Å². The molecule has 0 bridgehead atoms. The number of hydrogen-bond acceptors (Lipinski definition) is 3. The lowest BCUT2D eigenvalue weighted by molar-refractivity contribution is -0.123. The second-order valence-electron chi connectivity index (χ2n) is 4.48. The molecule has 2 rings (SSSR count). The normalized spacial score (nSPS) is 10.7. The van der Waals surface area contributed by atoms with Gasteiger partial charge in [-0.15, -0.1) is 0 Å². The number of para-hydroxylation sites is 1. The number of aryl methyl sites for hydroxylation is 1. The third kappa shape index (κ3) is 4.30. The summed E-state index contributed by atoms with van der Waals surface area (Å²) in [6.07, 6.45) is 1.16. The Morgan fingerprint density at radius 1 is 1.32 bits per heavy atom. The predicted octanol–water partition coefficient (Wildman–Crippen LogP) is 3.32. The Morgan fingerprint density at radius 3 is 2.82 bits per heavy atom. The Bertz CT molecular complexity index is 684. The van der Waals surface area contributed by atoms with Crippen molar-refractivity contribution < 1.29 is 13.9 Å². The first-order chi connectivity index (χ1) is 10.6. The van der Waals surface area contributed by atoms with Crippen LogP contribution < -0.4 is 10.2 Å². The summed E-state index contributed by atoms with van der Waals surface area (Å²) < 4.78 is 18.8. The van der Waals surface area contributed by atoms with Crippen LogP contribution in [-0.2, 0) is 4.79 Å². The molecule has 0 heterocycles. The van der Waals surface area contributed by atoms with Crippen molar-refractivity contribution in [3.8, 4) is 5.75 Å². The fraction of sp³-hybridized carbons (Fsp3) is 0.125. The van der Waals surface area contributed by atoms with E-state index in [9.17, 15) is 9.18 Å². The van der Waals surface area contributed by atoms with Crippen molar-refractivity contribution in [1.82, 2.24) is 5.43 Å². The molecule has 0 atom stereocenters. The van der Waals surface area contributed by atoms with E-state index < -0.39 is 11.7 Å². The summed E-state index contributed by atoms with van der Waals surface area (Å²) in [5.41, 5.74) is 3.30. The average molecular weight is 321 g/mol. The zero-order chi connectivity index (χ0) is 15.9. The Morgan fingerprint density at radius 2 is 2.09 bits per heavy atom. The van der Waals surface area contributed by atoms with E-state index >= 15 is 0 Å². The van der Waals surface area contributed by atoms with Crippen LogP contribution in [0.2, 0.25) is 5.02 Å². The number of nitrogens with one attached hydrogen (secondary N) is 1. The highest BCUT2D eigenvalue weighted by atomic mass is 35.5. The largest absolute Gasteiger partial charge is 0.483 e. The summed E-state index contributed by atoms with van der Waals surface area (Å²) in [4.78, 5) is 11.6. The number of rotatable bonds is 5. The van der Waals surface area contributed by atoms with Gasteiger partial charge >= 0.3 is 0 Å². The quantitative estimate of drug-likeness (QED) is 0.678. The Balaban J connectivity index is 1.88. The maximum absolute atomic E-state index is 13.5. The van der Waals surface area contributed by atoms with E-state index in [0.717, 1.165) is 11.8 Å². The molecule has 2 aromatic carbocycles. The highest BCUT2D eigenvalue weighted by molar-refractivity contribution is 6.33. The summed E-state index contributed by atoms with van der Waals surface area (Å²) in [7, 11) is 0. The summed E-state index contributed by atoms with van der Waals surface area (Å²) in [6, 6.07) is 11.6. The van der Waals surface area contributed by atoms with Gasteiger partial charge in [0.25, 0.3) is 5.91 Å². The number of amides is 1. The monoisotopic (exact) mass is 320 g/mol. The van der Waals surface area contributed by atoms with Crippen molar-refractivity contribution in [2.45, 2.75) is 6.92 Å². The highest BCUT2D eigenvalue weighted by Gasteiger charge is 2.05. The standard InChI is InChI=1S/C16H14ClFN2O2/c1-11-5-2-3-8-15(11)22-10-16(21)20-19-9-12-13(17)6-4-7-14(12)18/h2-9H,10H2,1H3,(H,20,21)/b19-9+. The molecule has 0 aromatic heterocycles. The second kappa shape index (κ2) is 7.56. The SMILES string of the molecule is Cc1ccccc1OCC(=O)N/N=C/c1c(F)cccc1Cl. The molecule has 114 valence electrons. The molecule has 1 amide bonds. The van der Waals surface area contributed by atoms with Crippen LogP contribution in [0.4, 0.5) is 4.39 Å². The van der Waals surface area contributed by atoms with Crippen molar-refractivity contribution in [2.75, 3.05) is 6.61 Å². The zero-order valence-corrected chi connectivity index (χ0v) is 12.6. The minimum atomic E-state index is -0.512. The first-order valence-corrected chi connectivity index (χ1v) is 6.90. The lowest BCUT2D eigenvalue weighted by atomic mass is 10.2. The number of hydrogen-bond donors (Lipinski definition) is 1. The third-order valence-electron chi connectivity index (χ3n) is 2.83. The smallest absolute Gasteiger partial charge is 0.277 e. The summed E-state index contributed by atoms with van der Waals surface area (Å²) in [6.45, 7) is 1.69. The maximum Gasteiger partial charge on any atom is 0.277 e. The number of carbonyl (C=O) groups is 1. The van der Waals surface area contributed by atoms with Gasteiger partial charge in [-0.05, 0) is 30.7 Å². The summed E-state index contributed by atoms with van der Waals surface area (Å²) in [5.74, 6) is -0.340. The summed E-state index contributed by atoms with van der Waals surface area (Å²) >= 11 is 5.83. The fourth-order valence-corrected chi connectivity index (χ4v) is 1.91. The van der Waals surface area contributed by atoms with E-state index in [0.29, 0.717) is 5.75 Å². The van der Waals surface area contributed by atoms with Gasteiger partial charge < -0.3 is 4.74 Å². The van der Waals surface area contributed by atoms with Gasteiger partial charge in [-0.25, -0.2) is 9.82 Å². The van der Waals surface area contributed by atoms with Crippen LogP contribution >= 0.6 is 11.6 Å². The predicted molar refractivity (Wildman–Crippen MR) is 83.8 cm³/mol. The fourth-order valence-electron chi connectivity index (χ4n) is 1.70. The van der Waals surface area contributed by atoms with E-state index in [2.05, 4.69) is 10.5 Å². The zero-order valence-electron chi connectivity index (χ0n) is 11.8. The average Bonchev–Trinajstić information content (AvgIpc) is 2.49. The number of benzene rings is 2. The molecule has 0 saturated carbocycles. The molecule has 1 N–H and O–H groups in total. The molecule has 0 aliphatic carbocycles. The molecule has 0 spiro atoms. The van der Waals surface area contributed by atoms with Crippen molar-refractivity contribution >= 4 is 23.7 Å². The van der Waals surface area contributed by atoms with Gasteiger partial charge in [-0.2, -0.15) is 5.10 Å². The molecular formula is C16H14ClFN2O2. The van der Waals surface area contributed by atoms with Crippen LogP contribution in [0.3, 0.4) is 0 Å². The molecule has 0 aliphatic rings. The van der Waals surface area contributed by atoms with Crippen molar-refractivity contribution in [3.05, 3.63) is 64.4 Å². The van der Waals surface area contributed by atoms with E-state index in [-0.39, 0.29) is 17.2 Å². The van der Waals surface area contributed by atoms with Crippen LogP contribution in [0.25, 0.3) is 0 Å². The molecule has 0 radical (unpaired) electrons. The van der Waals surface area contributed by atoms with Gasteiger partial charge in [0.05, 0.1) is 11.2 Å². The van der Waals surface area contributed by atoms with Crippen LogP contribution in [0.5, 0.6) is 5.75 Å². The van der Waals surface area contributed by atoms with Gasteiger partial charge in [-0.1, -0.05) is 35.9 Å². The van der Waals surface area contributed by atoms with Gasteiger partial charge in [0, 0.05) is 5.56 Å². The van der Waals surface area contributed by atoms with Gasteiger partial charge in [0.2, 0.25) is 0 Å². The number of halogens is 2. The van der Waals surface area contributed by atoms with Crippen LogP contribution in [-0.4, -0.2) is 18.7 Å². The molecule has 0 fully saturated rings. The van der Waals surface area contributed by atoms with Crippen molar-refractivity contribution in [3.63, 3.8) is 0 Å². The Kier molecular flexibility index (Phi) is 5.49. The Hall–Kier alpha value is -2.40. The number of nitrogens with zero attached hydrogens (tertiary/aromatic N) is 1. The molecule has 0 saturated heterocycles. The molecule has 4 nitrogen and oxygen atoms in total. The van der Waals surface area contributed by atoms with E-state index in [1.54, 1.807) is 6.07 Å². The molecule has 0 unspecified atom stereocenters. The topological polar surface area (TPSA) is 50.7 Å². The molecule has 0 aliphatic heterocycles. The first-order valence-electron chi connectivity index (χ1n) is 6.52. The molecule has 6 heteroatoms. The molecule has 2 aromatic rings. The minimum absolute atomic E-state index is 0.115. The Labute approximate surface area is 132 Å². The van der Waals surface area contributed by atoms with Crippen molar-refractivity contribution in [1.29, 1.82) is 0 Å². The van der Waals surface area contributed by atoms with Crippen LogP contribution in [0.15, 0.2) is 47.6 Å². The molecule has 22 heavy (non-hydrogen) atoms. The minimum Gasteiger partial charge on any atom is -0.483 e. The number of ether oxygens (including phenoxy) is 1. The lowest BCUT2D eigenvalue weighted by Gasteiger charge is -2.07. The van der Waals surface area contributed by atoms with E-state index in [4.69, 9.17) is 16.3 Å². The van der Waals surface area contributed by atoms with Gasteiger partial charge in [0.1, 0.15) is 11.6 Å². The highest BCUT2D eigenvalue weighted by Crippen LogP contribution is 2.17. The van der Waals surface area contributed by atoms with Gasteiger partial charge in [0.15, 0.2) is 6.61 Å². The van der Waals surface area contributed by atoms with E-state index in [1.807, 2.05) is 25.1 Å². The summed E-state index contributed by atoms with van der Waals surface area (Å²) in [5, 5.41) is 3.89. The maximum atomic E-state index is 13.5.